The molecular weight excluding hydrogens is 665 g/mol. The first-order valence-corrected chi connectivity index (χ1v) is 14.2. The van der Waals surface area contributed by atoms with Gasteiger partial charge in [0.25, 0.3) is 0 Å². The molecule has 0 heterocycles. The maximum atomic E-state index is 5.34. The summed E-state index contributed by atoms with van der Waals surface area (Å²) in [7, 11) is 0. The third-order valence-corrected chi connectivity index (χ3v) is 6.04. The fourth-order valence-electron chi connectivity index (χ4n) is 2.38. The van der Waals surface area contributed by atoms with E-state index in [9.17, 15) is 0 Å². The molecule has 0 aromatic carbocycles. The van der Waals surface area contributed by atoms with Gasteiger partial charge in [-0.25, -0.2) is 12.2 Å². The predicted octanol–water partition coefficient (Wildman–Crippen LogP) is 11.5. The maximum absolute atomic E-state index is 5.34. The third kappa shape index (κ3) is 33.0. The average molecular weight is 708 g/mol. The number of rotatable bonds is 14. The molecule has 0 aliphatic heterocycles. The zero-order valence-electron chi connectivity index (χ0n) is 20.7. The number of halogens is 3. The number of unbranched alkanes of at least 4 members (excludes halogenated alkanes) is 6. The summed E-state index contributed by atoms with van der Waals surface area (Å²) < 4.78 is 0. The van der Waals surface area contributed by atoms with Gasteiger partial charge in [-0.05, 0) is 24.8 Å². The number of hydrogen-bond acceptors (Lipinski definition) is 0. The minimum absolute atomic E-state index is 0. The first-order chi connectivity index (χ1) is 15.0. The molecule has 0 aromatic rings. The van der Waals surface area contributed by atoms with Gasteiger partial charge in [-0.2, -0.15) is 11.1 Å². The molecule has 0 nitrogen and oxygen atoms in total. The quantitative estimate of drug-likeness (QED) is 0.0730. The Kier molecular flexibility index (Phi) is 45.5. The Balaban J connectivity index is -0.000000181. The number of hydrogen-bond donors (Lipinski definition) is 0. The van der Waals surface area contributed by atoms with E-state index in [1.807, 2.05) is 21.9 Å². The van der Waals surface area contributed by atoms with Crippen LogP contribution in [-0.2, 0) is 32.7 Å². The van der Waals surface area contributed by atoms with Gasteiger partial charge in [-0.15, -0.1) is 5.92 Å². The minimum Gasteiger partial charge on any atom is -0.293 e. The molecule has 1 radical (unpaired) electrons. The Morgan fingerprint density at radius 1 is 0.656 bits per heavy atom. The first-order valence-electron chi connectivity index (χ1n) is 11.4. The average Bonchev–Trinajstić information content (AvgIpc) is 2.80. The first kappa shape index (κ1) is 40.0. The van der Waals surface area contributed by atoms with Crippen LogP contribution in [0.1, 0.15) is 105 Å². The molecule has 0 aliphatic carbocycles. The predicted molar refractivity (Wildman–Crippen MR) is 155 cm³/mol. The molecule has 181 valence electrons. The number of allylic oxidation sites excluding steroid dienone is 5. The van der Waals surface area contributed by atoms with Gasteiger partial charge in [-0.1, -0.05) is 149 Å². The van der Waals surface area contributed by atoms with Crippen molar-refractivity contribution in [2.45, 2.75) is 105 Å². The van der Waals surface area contributed by atoms with Crippen LogP contribution in [0.25, 0.3) is 0 Å². The molecule has 0 spiro atoms. The maximum Gasteiger partial charge on any atom is 0.00892 e. The molecule has 0 saturated carbocycles. The molecule has 0 unspecified atom stereocenters. The molecule has 32 heavy (non-hydrogen) atoms. The smallest absolute Gasteiger partial charge is 0.00892 e. The third-order valence-electron chi connectivity index (χ3n) is 4.31. The Bertz CT molecular complexity index is 533. The molecule has 0 N–H and O–H groups in total. The van der Waals surface area contributed by atoms with Crippen LogP contribution in [-0.4, -0.2) is 0 Å². The Morgan fingerprint density at radius 2 is 1.03 bits per heavy atom. The van der Waals surface area contributed by atoms with Crippen LogP contribution >= 0.6 is 47.8 Å². The Hall–Kier alpha value is 0.804. The summed E-state index contributed by atoms with van der Waals surface area (Å²) in [6, 6.07) is 0. The molecule has 0 bridgehead atoms. The van der Waals surface area contributed by atoms with E-state index >= 15 is 0 Å². The molecule has 0 aliphatic rings. The minimum atomic E-state index is 0. The van der Waals surface area contributed by atoms with E-state index in [0.717, 1.165) is 19.3 Å². The zero-order chi connectivity index (χ0) is 24.2. The fraction of sp³-hybridized carbons (Fsp3) is 0.571. The van der Waals surface area contributed by atoms with Crippen molar-refractivity contribution in [3.05, 3.63) is 57.0 Å². The van der Waals surface area contributed by atoms with Crippen molar-refractivity contribution in [3.63, 3.8) is 0 Å². The molecular formula is C28H43Br3Y-2. The van der Waals surface area contributed by atoms with Crippen LogP contribution in [0.2, 0.25) is 0 Å². The largest absolute Gasteiger partial charge is 0.293 e. The molecule has 0 amide bonds. The van der Waals surface area contributed by atoms with E-state index in [2.05, 4.69) is 80.4 Å². The van der Waals surface area contributed by atoms with Gasteiger partial charge in [0.15, 0.2) is 0 Å². The fourth-order valence-corrected chi connectivity index (χ4v) is 3.48. The Labute approximate surface area is 251 Å². The van der Waals surface area contributed by atoms with E-state index in [1.165, 1.54) is 74.5 Å². The summed E-state index contributed by atoms with van der Waals surface area (Å²) in [5, 5.41) is 0. The topological polar surface area (TPSA) is 0 Å². The molecule has 0 saturated heterocycles. The monoisotopic (exact) mass is 705 g/mol. The summed E-state index contributed by atoms with van der Waals surface area (Å²) in [6.07, 6.45) is 18.0. The standard InChI is InChI=1S/C10H15Br.2C9H14Br.Y/c1-3-5-6-8-10(9-11)7-4-2;2*1-3-5-6-7-9(4-2)8-10;/h9H,3,5-6,8H2,1-2H3;2*2,4,8H,3,5-7H2,1H3;/q;2*-1;. The zero-order valence-corrected chi connectivity index (χ0v) is 28.3. The van der Waals surface area contributed by atoms with Crippen molar-refractivity contribution in [2.75, 3.05) is 0 Å². The van der Waals surface area contributed by atoms with Crippen LogP contribution in [0.4, 0.5) is 0 Å². The molecule has 4 heteroatoms. The van der Waals surface area contributed by atoms with Crippen molar-refractivity contribution in [2.24, 2.45) is 0 Å². The summed E-state index contributed by atoms with van der Waals surface area (Å²) in [4.78, 5) is 5.71. The second kappa shape index (κ2) is 36.4. The van der Waals surface area contributed by atoms with Gasteiger partial charge in [0.1, 0.15) is 0 Å². The second-order valence-electron chi connectivity index (χ2n) is 7.08. The Morgan fingerprint density at radius 3 is 1.28 bits per heavy atom. The summed E-state index contributed by atoms with van der Waals surface area (Å²) in [6.45, 7) is 19.2. The van der Waals surface area contributed by atoms with Crippen LogP contribution in [0.5, 0.6) is 0 Å². The summed E-state index contributed by atoms with van der Waals surface area (Å²) in [5.74, 6) is 5.95. The van der Waals surface area contributed by atoms with Crippen molar-refractivity contribution >= 4 is 47.8 Å². The molecule has 0 atom stereocenters. The van der Waals surface area contributed by atoms with Crippen LogP contribution < -0.4 is 0 Å². The molecule has 0 aromatic heterocycles. The molecule has 0 fully saturated rings. The summed E-state index contributed by atoms with van der Waals surface area (Å²) >= 11 is 9.81. The van der Waals surface area contributed by atoms with Gasteiger partial charge in [-0.3, -0.25) is 13.2 Å². The van der Waals surface area contributed by atoms with E-state index in [4.69, 9.17) is 13.2 Å². The normalized spacial score (nSPS) is 10.9. The van der Waals surface area contributed by atoms with Crippen molar-refractivity contribution in [1.82, 2.24) is 0 Å². The van der Waals surface area contributed by atoms with E-state index in [0.29, 0.717) is 0 Å². The van der Waals surface area contributed by atoms with E-state index < -0.39 is 0 Å². The van der Waals surface area contributed by atoms with Crippen LogP contribution in [0.3, 0.4) is 0 Å². The molecule has 0 rings (SSSR count). The van der Waals surface area contributed by atoms with Gasteiger partial charge in [0, 0.05) is 38.3 Å². The van der Waals surface area contributed by atoms with Crippen molar-refractivity contribution in [1.29, 1.82) is 0 Å². The van der Waals surface area contributed by atoms with Gasteiger partial charge in [0.2, 0.25) is 0 Å². The van der Waals surface area contributed by atoms with Gasteiger partial charge in [0.05, 0.1) is 0 Å². The van der Waals surface area contributed by atoms with E-state index in [1.54, 1.807) is 12.2 Å². The van der Waals surface area contributed by atoms with Crippen molar-refractivity contribution in [3.8, 4) is 11.8 Å². The SMILES string of the molecule is CC#CC(=CBr)CCCCC.[CH-]=CC(=CBr)CCCCC.[CH-]=CC(=CBr)CCCCC.[Y]. The van der Waals surface area contributed by atoms with Gasteiger partial charge >= 0.3 is 0 Å². The van der Waals surface area contributed by atoms with Gasteiger partial charge < -0.3 is 0 Å². The summed E-state index contributed by atoms with van der Waals surface area (Å²) in [5.41, 5.74) is 3.59. The second-order valence-corrected chi connectivity index (χ2v) is 8.46. The van der Waals surface area contributed by atoms with E-state index in [-0.39, 0.29) is 32.7 Å². The van der Waals surface area contributed by atoms with Crippen molar-refractivity contribution < 1.29 is 32.7 Å². The van der Waals surface area contributed by atoms with Crippen LogP contribution in [0, 0.1) is 25.0 Å². The van der Waals surface area contributed by atoms with Crippen LogP contribution in [0.15, 0.2) is 43.8 Å².